The number of nitrogens with zero attached hydrogens (tertiary/aromatic N) is 3. The average molecular weight is 354 g/mol. The number of amides is 2. The third-order valence-corrected chi connectivity index (χ3v) is 4.58. The van der Waals surface area contributed by atoms with E-state index >= 15 is 0 Å². The van der Waals surface area contributed by atoms with Gasteiger partial charge in [0, 0.05) is 51.5 Å². The molecule has 2 heterocycles. The third-order valence-electron chi connectivity index (χ3n) is 4.58. The van der Waals surface area contributed by atoms with E-state index in [0.717, 1.165) is 44.7 Å². The summed E-state index contributed by atoms with van der Waals surface area (Å²) < 4.78 is 5.12. The Hall–Kier alpha value is -2.60. The van der Waals surface area contributed by atoms with Crippen LogP contribution in [0.1, 0.15) is 17.5 Å². The number of rotatable bonds is 5. The maximum absolute atomic E-state index is 12.5. The van der Waals surface area contributed by atoms with Gasteiger partial charge in [0.1, 0.15) is 0 Å². The van der Waals surface area contributed by atoms with Gasteiger partial charge in [0.2, 0.25) is 5.88 Å². The average Bonchev–Trinajstić information content (AvgIpc) is 2.93. The molecular weight excluding hydrogens is 328 g/mol. The highest BCUT2D eigenvalue weighted by Gasteiger charge is 2.19. The Morgan fingerprint density at radius 1 is 1.12 bits per heavy atom. The monoisotopic (exact) mass is 354 g/mol. The number of carbonyl (C=O) groups is 1. The Morgan fingerprint density at radius 2 is 1.96 bits per heavy atom. The number of aromatic nitrogens is 1. The molecule has 1 fully saturated rings. The maximum atomic E-state index is 12.5. The smallest absolute Gasteiger partial charge is 0.317 e. The molecule has 0 saturated carbocycles. The minimum atomic E-state index is -0.0117. The van der Waals surface area contributed by atoms with Crippen LogP contribution < -0.4 is 10.1 Å². The highest BCUT2D eigenvalue weighted by atomic mass is 16.5. The fraction of sp³-hybridized carbons (Fsp3) is 0.400. The molecule has 26 heavy (non-hydrogen) atoms. The number of ether oxygens (including phenoxy) is 1. The van der Waals surface area contributed by atoms with Gasteiger partial charge in [-0.1, -0.05) is 30.3 Å². The lowest BCUT2D eigenvalue weighted by molar-refractivity contribution is 0.197. The van der Waals surface area contributed by atoms with Crippen LogP contribution in [0.15, 0.2) is 48.7 Å². The number of pyridine rings is 1. The largest absolute Gasteiger partial charge is 0.481 e. The van der Waals surface area contributed by atoms with E-state index in [1.54, 1.807) is 13.3 Å². The van der Waals surface area contributed by atoms with Crippen molar-refractivity contribution in [2.75, 3.05) is 33.3 Å². The molecule has 1 N–H and O–H groups in total. The Morgan fingerprint density at radius 3 is 2.77 bits per heavy atom. The number of methoxy groups -OCH3 is 1. The standard InChI is InChI=1S/C20H26N4O2/c1-26-19-14-18(8-9-21-19)15-22-20(25)24-11-5-10-23(12-13-24)16-17-6-3-2-4-7-17/h2-4,6-9,14H,5,10-13,15-16H2,1H3,(H,22,25). The summed E-state index contributed by atoms with van der Waals surface area (Å²) in [5.74, 6) is 0.558. The Labute approximate surface area is 154 Å². The van der Waals surface area contributed by atoms with Crippen LogP contribution in [0, 0.1) is 0 Å². The molecule has 0 radical (unpaired) electrons. The molecule has 2 aromatic rings. The van der Waals surface area contributed by atoms with Crippen molar-refractivity contribution < 1.29 is 9.53 Å². The number of benzene rings is 1. The second-order valence-electron chi connectivity index (χ2n) is 6.47. The van der Waals surface area contributed by atoms with Crippen molar-refractivity contribution in [3.05, 3.63) is 59.8 Å². The minimum Gasteiger partial charge on any atom is -0.481 e. The summed E-state index contributed by atoms with van der Waals surface area (Å²) in [5, 5.41) is 3.00. The van der Waals surface area contributed by atoms with Crippen LogP contribution in [0.3, 0.4) is 0 Å². The fourth-order valence-electron chi connectivity index (χ4n) is 3.14. The minimum absolute atomic E-state index is 0.0117. The van der Waals surface area contributed by atoms with E-state index in [-0.39, 0.29) is 6.03 Å². The van der Waals surface area contributed by atoms with Crippen LogP contribution in [-0.4, -0.2) is 54.1 Å². The second-order valence-corrected chi connectivity index (χ2v) is 6.47. The number of carbonyl (C=O) groups excluding carboxylic acids is 1. The fourth-order valence-corrected chi connectivity index (χ4v) is 3.14. The molecule has 6 heteroatoms. The zero-order valence-electron chi connectivity index (χ0n) is 15.2. The molecule has 0 atom stereocenters. The van der Waals surface area contributed by atoms with Gasteiger partial charge in [0.15, 0.2) is 0 Å². The first-order valence-electron chi connectivity index (χ1n) is 9.02. The molecule has 138 valence electrons. The van der Waals surface area contributed by atoms with E-state index in [1.165, 1.54) is 5.56 Å². The highest BCUT2D eigenvalue weighted by Crippen LogP contribution is 2.10. The first-order valence-corrected chi connectivity index (χ1v) is 9.02. The Balaban J connectivity index is 1.47. The number of nitrogens with one attached hydrogen (secondary N) is 1. The summed E-state index contributed by atoms with van der Waals surface area (Å²) in [4.78, 5) is 20.9. The van der Waals surface area contributed by atoms with Crippen LogP contribution in [0.25, 0.3) is 0 Å². The van der Waals surface area contributed by atoms with E-state index in [1.807, 2.05) is 23.1 Å². The van der Waals surface area contributed by atoms with Crippen molar-refractivity contribution in [3.63, 3.8) is 0 Å². The summed E-state index contributed by atoms with van der Waals surface area (Å²) in [6.45, 7) is 4.86. The number of hydrogen-bond acceptors (Lipinski definition) is 4. The molecular formula is C20H26N4O2. The zero-order valence-corrected chi connectivity index (χ0v) is 15.2. The van der Waals surface area contributed by atoms with Gasteiger partial charge in [-0.05, 0) is 23.6 Å². The van der Waals surface area contributed by atoms with Gasteiger partial charge in [0.25, 0.3) is 0 Å². The molecule has 1 saturated heterocycles. The predicted octanol–water partition coefficient (Wildman–Crippen LogP) is 2.51. The Kier molecular flexibility index (Phi) is 6.44. The van der Waals surface area contributed by atoms with Crippen LogP contribution in [0.5, 0.6) is 5.88 Å². The summed E-state index contributed by atoms with van der Waals surface area (Å²) >= 11 is 0. The van der Waals surface area contributed by atoms with E-state index in [4.69, 9.17) is 4.74 Å². The van der Waals surface area contributed by atoms with Crippen LogP contribution >= 0.6 is 0 Å². The summed E-state index contributed by atoms with van der Waals surface area (Å²) in [7, 11) is 1.59. The van der Waals surface area contributed by atoms with Gasteiger partial charge in [-0.3, -0.25) is 4.90 Å². The normalized spacial score (nSPS) is 15.3. The van der Waals surface area contributed by atoms with Crippen molar-refractivity contribution >= 4 is 6.03 Å². The van der Waals surface area contributed by atoms with Crippen molar-refractivity contribution in [3.8, 4) is 5.88 Å². The van der Waals surface area contributed by atoms with E-state index in [0.29, 0.717) is 12.4 Å². The summed E-state index contributed by atoms with van der Waals surface area (Å²) in [6.07, 6.45) is 2.68. The third kappa shape index (κ3) is 5.20. The lowest BCUT2D eigenvalue weighted by Gasteiger charge is -2.22. The lowest BCUT2D eigenvalue weighted by Crippen LogP contribution is -2.41. The van der Waals surface area contributed by atoms with Crippen LogP contribution in [-0.2, 0) is 13.1 Å². The lowest BCUT2D eigenvalue weighted by atomic mass is 10.2. The zero-order chi connectivity index (χ0) is 18.2. The highest BCUT2D eigenvalue weighted by molar-refractivity contribution is 5.74. The van der Waals surface area contributed by atoms with Gasteiger partial charge < -0.3 is 15.0 Å². The Bertz CT molecular complexity index is 708. The number of hydrogen-bond donors (Lipinski definition) is 1. The molecule has 6 nitrogen and oxygen atoms in total. The number of urea groups is 1. The summed E-state index contributed by atoms with van der Waals surface area (Å²) in [6, 6.07) is 14.2. The van der Waals surface area contributed by atoms with Crippen LogP contribution in [0.4, 0.5) is 4.79 Å². The van der Waals surface area contributed by atoms with Gasteiger partial charge in [0.05, 0.1) is 7.11 Å². The topological polar surface area (TPSA) is 57.7 Å². The van der Waals surface area contributed by atoms with Gasteiger partial charge in [-0.25, -0.2) is 9.78 Å². The van der Waals surface area contributed by atoms with Crippen molar-refractivity contribution in [2.24, 2.45) is 0 Å². The SMILES string of the molecule is COc1cc(CNC(=O)N2CCCN(Cc3ccccc3)CC2)ccn1. The molecule has 0 unspecified atom stereocenters. The van der Waals surface area contributed by atoms with Crippen LogP contribution in [0.2, 0.25) is 0 Å². The van der Waals surface area contributed by atoms with Crippen molar-refractivity contribution in [1.82, 2.24) is 20.1 Å². The molecule has 0 bridgehead atoms. The van der Waals surface area contributed by atoms with Gasteiger partial charge >= 0.3 is 6.03 Å². The van der Waals surface area contributed by atoms with Gasteiger partial charge in [-0.2, -0.15) is 0 Å². The molecule has 0 aliphatic carbocycles. The quantitative estimate of drug-likeness (QED) is 0.896. The van der Waals surface area contributed by atoms with E-state index < -0.39 is 0 Å². The first-order chi connectivity index (χ1) is 12.7. The molecule has 0 spiro atoms. The first kappa shape index (κ1) is 18.2. The van der Waals surface area contributed by atoms with E-state index in [9.17, 15) is 4.79 Å². The molecule has 1 aliphatic heterocycles. The predicted molar refractivity (Wildman–Crippen MR) is 101 cm³/mol. The molecule has 3 rings (SSSR count). The van der Waals surface area contributed by atoms with Crippen molar-refractivity contribution in [2.45, 2.75) is 19.5 Å². The molecule has 1 aromatic heterocycles. The second kappa shape index (κ2) is 9.20. The van der Waals surface area contributed by atoms with E-state index in [2.05, 4.69) is 39.5 Å². The molecule has 1 aliphatic rings. The summed E-state index contributed by atoms with van der Waals surface area (Å²) in [5.41, 5.74) is 2.29. The molecule has 1 aromatic carbocycles. The molecule has 2 amide bonds. The van der Waals surface area contributed by atoms with Gasteiger partial charge in [-0.15, -0.1) is 0 Å². The van der Waals surface area contributed by atoms with Crippen molar-refractivity contribution in [1.29, 1.82) is 0 Å². The maximum Gasteiger partial charge on any atom is 0.317 e.